The van der Waals surface area contributed by atoms with Gasteiger partial charge < -0.3 is 21.1 Å². The SMILES string of the molecule is Cn1ncc(NC(=O)c2nc(-c3c(F)cccc3F)sc2N)c1N1CCC(O)CC(F)C1. The first-order valence-corrected chi connectivity index (χ1v) is 10.7. The van der Waals surface area contributed by atoms with Crippen LogP contribution >= 0.6 is 11.3 Å². The zero-order chi connectivity index (χ0) is 23.0. The number of aliphatic hydroxyl groups excluding tert-OH is 1. The van der Waals surface area contributed by atoms with Crippen molar-refractivity contribution in [3.8, 4) is 10.6 Å². The summed E-state index contributed by atoms with van der Waals surface area (Å²) in [5.74, 6) is -1.86. The van der Waals surface area contributed by atoms with Gasteiger partial charge in [-0.1, -0.05) is 17.4 Å². The molecule has 2 unspecified atom stereocenters. The van der Waals surface area contributed by atoms with Crippen LogP contribution < -0.4 is 16.0 Å². The number of nitrogens with two attached hydrogens (primary N) is 1. The predicted molar refractivity (Wildman–Crippen MR) is 115 cm³/mol. The monoisotopic (exact) mass is 466 g/mol. The van der Waals surface area contributed by atoms with E-state index in [1.807, 2.05) is 0 Å². The van der Waals surface area contributed by atoms with Crippen molar-refractivity contribution in [2.24, 2.45) is 7.05 Å². The molecule has 1 fully saturated rings. The van der Waals surface area contributed by atoms with Crippen LogP contribution in [0.15, 0.2) is 24.4 Å². The first-order valence-electron chi connectivity index (χ1n) is 9.85. The van der Waals surface area contributed by atoms with E-state index < -0.39 is 29.8 Å². The van der Waals surface area contributed by atoms with Crippen LogP contribution in [0.1, 0.15) is 23.3 Å². The molecule has 1 saturated heterocycles. The number of aromatic nitrogens is 3. The highest BCUT2D eigenvalue weighted by Crippen LogP contribution is 2.34. The molecule has 1 aliphatic heterocycles. The molecule has 0 bridgehead atoms. The molecule has 170 valence electrons. The third kappa shape index (κ3) is 4.28. The van der Waals surface area contributed by atoms with E-state index in [2.05, 4.69) is 15.4 Å². The first kappa shape index (κ1) is 22.1. The number of nitrogens with one attached hydrogen (secondary N) is 1. The molecule has 0 saturated carbocycles. The Morgan fingerprint density at radius 3 is 2.78 bits per heavy atom. The second-order valence-corrected chi connectivity index (χ2v) is 8.54. The number of alkyl halides is 1. The summed E-state index contributed by atoms with van der Waals surface area (Å²) >= 11 is 0.793. The van der Waals surface area contributed by atoms with E-state index in [4.69, 9.17) is 5.73 Å². The topological polar surface area (TPSA) is 109 Å². The minimum atomic E-state index is -1.24. The van der Waals surface area contributed by atoms with Crippen molar-refractivity contribution >= 4 is 33.8 Å². The lowest BCUT2D eigenvalue weighted by molar-refractivity contribution is 0.102. The van der Waals surface area contributed by atoms with Crippen molar-refractivity contribution in [3.63, 3.8) is 0 Å². The lowest BCUT2D eigenvalue weighted by atomic mass is 10.1. The number of halogens is 3. The Hall–Kier alpha value is -3.12. The van der Waals surface area contributed by atoms with E-state index in [9.17, 15) is 23.1 Å². The Morgan fingerprint density at radius 2 is 2.06 bits per heavy atom. The summed E-state index contributed by atoms with van der Waals surface area (Å²) in [6.45, 7) is 0.411. The molecule has 8 nitrogen and oxygen atoms in total. The first-order chi connectivity index (χ1) is 15.2. The Morgan fingerprint density at radius 1 is 1.34 bits per heavy atom. The van der Waals surface area contributed by atoms with Crippen molar-refractivity contribution in [3.05, 3.63) is 41.7 Å². The molecule has 0 aliphatic carbocycles. The van der Waals surface area contributed by atoms with Crippen LogP contribution in [0.2, 0.25) is 0 Å². The van der Waals surface area contributed by atoms with Gasteiger partial charge in [-0.15, -0.1) is 0 Å². The van der Waals surface area contributed by atoms with E-state index in [0.717, 1.165) is 23.5 Å². The quantitative estimate of drug-likeness (QED) is 0.546. The zero-order valence-corrected chi connectivity index (χ0v) is 17.9. The van der Waals surface area contributed by atoms with Crippen molar-refractivity contribution in [1.82, 2.24) is 14.8 Å². The molecule has 2 atom stereocenters. The fourth-order valence-corrected chi connectivity index (χ4v) is 4.57. The van der Waals surface area contributed by atoms with E-state index >= 15 is 0 Å². The normalized spacial score (nSPS) is 19.1. The van der Waals surface area contributed by atoms with Gasteiger partial charge in [0.2, 0.25) is 0 Å². The van der Waals surface area contributed by atoms with E-state index in [1.54, 1.807) is 11.9 Å². The maximum atomic E-state index is 14.2. The number of thiazole rings is 1. The number of carbonyl (C=O) groups excluding carboxylic acids is 1. The summed E-state index contributed by atoms with van der Waals surface area (Å²) in [6, 6.07) is 3.41. The van der Waals surface area contributed by atoms with E-state index in [-0.39, 0.29) is 34.2 Å². The summed E-state index contributed by atoms with van der Waals surface area (Å²) in [7, 11) is 1.65. The largest absolute Gasteiger partial charge is 0.393 e. The number of hydrogen-bond donors (Lipinski definition) is 3. The molecular formula is C20H21F3N6O2S. The average molecular weight is 466 g/mol. The summed E-state index contributed by atoms with van der Waals surface area (Å²) in [5.41, 5.74) is 5.67. The molecule has 3 heterocycles. The smallest absolute Gasteiger partial charge is 0.277 e. The molecule has 1 aliphatic rings. The van der Waals surface area contributed by atoms with Crippen LogP contribution in [0, 0.1) is 11.6 Å². The molecule has 32 heavy (non-hydrogen) atoms. The standard InChI is InChI=1S/C20H21F3N6O2S/c1-28-20(29-6-5-11(30)7-10(21)9-29)14(8-25-28)26-18(31)16-17(24)32-19(27-16)15-12(22)3-2-4-13(15)23/h2-4,8,10-11,30H,5-7,9,24H2,1H3,(H,26,31). The number of hydrogen-bond acceptors (Lipinski definition) is 7. The molecule has 2 aromatic heterocycles. The van der Waals surface area contributed by atoms with E-state index in [0.29, 0.717) is 24.5 Å². The predicted octanol–water partition coefficient (Wildman–Crippen LogP) is 2.96. The molecule has 1 amide bonds. The van der Waals surface area contributed by atoms with Crippen LogP contribution in [0.3, 0.4) is 0 Å². The number of nitrogens with zero attached hydrogens (tertiary/aromatic N) is 4. The van der Waals surface area contributed by atoms with Gasteiger partial charge in [-0.3, -0.25) is 9.48 Å². The van der Waals surface area contributed by atoms with E-state index in [1.165, 1.54) is 16.9 Å². The van der Waals surface area contributed by atoms with Crippen molar-refractivity contribution in [1.29, 1.82) is 0 Å². The lowest BCUT2D eigenvalue weighted by Gasteiger charge is -2.24. The van der Waals surface area contributed by atoms with Crippen LogP contribution in [0.5, 0.6) is 0 Å². The van der Waals surface area contributed by atoms with Gasteiger partial charge in [-0.05, 0) is 18.6 Å². The maximum Gasteiger partial charge on any atom is 0.277 e. The lowest BCUT2D eigenvalue weighted by Crippen LogP contribution is -2.31. The van der Waals surface area contributed by atoms with Crippen molar-refractivity contribution in [2.75, 3.05) is 29.0 Å². The third-order valence-corrected chi connectivity index (χ3v) is 6.08. The Balaban J connectivity index is 1.60. The summed E-state index contributed by atoms with van der Waals surface area (Å²) in [4.78, 5) is 18.6. The zero-order valence-electron chi connectivity index (χ0n) is 17.1. The molecular weight excluding hydrogens is 445 g/mol. The maximum absolute atomic E-state index is 14.2. The Labute approximate surface area is 185 Å². The molecule has 12 heteroatoms. The molecule has 0 radical (unpaired) electrons. The molecule has 4 rings (SSSR count). The molecule has 4 N–H and O–H groups in total. The summed E-state index contributed by atoms with van der Waals surface area (Å²) < 4.78 is 43.9. The summed E-state index contributed by atoms with van der Waals surface area (Å²) in [5, 5.41) is 16.6. The number of nitrogen functional groups attached to an aromatic ring is 1. The molecule has 1 aromatic carbocycles. The van der Waals surface area contributed by atoms with Crippen LogP contribution in [0.4, 0.5) is 29.7 Å². The fraction of sp³-hybridized carbons (Fsp3) is 0.350. The average Bonchev–Trinajstić information content (AvgIpc) is 3.22. The highest BCUT2D eigenvalue weighted by molar-refractivity contribution is 7.19. The van der Waals surface area contributed by atoms with Gasteiger partial charge in [-0.25, -0.2) is 18.2 Å². The number of carbonyl (C=O) groups is 1. The number of rotatable bonds is 4. The second kappa shape index (κ2) is 8.79. The number of amides is 1. The van der Waals surface area contributed by atoms with Gasteiger partial charge in [-0.2, -0.15) is 5.10 Å². The van der Waals surface area contributed by atoms with Gasteiger partial charge in [0, 0.05) is 20.0 Å². The van der Waals surface area contributed by atoms with Crippen molar-refractivity contribution < 1.29 is 23.1 Å². The Bertz CT molecular complexity index is 1130. The number of aryl methyl sites for hydroxylation is 1. The third-order valence-electron chi connectivity index (χ3n) is 5.18. The van der Waals surface area contributed by atoms with Crippen LogP contribution in [0.25, 0.3) is 10.6 Å². The number of anilines is 3. The second-order valence-electron chi connectivity index (χ2n) is 7.51. The highest BCUT2D eigenvalue weighted by atomic mass is 32.1. The molecule has 3 aromatic rings. The van der Waals surface area contributed by atoms with Crippen LogP contribution in [-0.4, -0.2) is 51.1 Å². The van der Waals surface area contributed by atoms with Gasteiger partial charge >= 0.3 is 0 Å². The highest BCUT2D eigenvalue weighted by Gasteiger charge is 2.28. The van der Waals surface area contributed by atoms with Gasteiger partial charge in [0.15, 0.2) is 11.5 Å². The summed E-state index contributed by atoms with van der Waals surface area (Å²) in [6.07, 6.45) is -0.162. The minimum absolute atomic E-state index is 0.00712. The van der Waals surface area contributed by atoms with Gasteiger partial charge in [0.1, 0.15) is 33.5 Å². The van der Waals surface area contributed by atoms with Gasteiger partial charge in [0.25, 0.3) is 5.91 Å². The minimum Gasteiger partial charge on any atom is -0.393 e. The fourth-order valence-electron chi connectivity index (χ4n) is 3.69. The number of benzene rings is 1. The molecule has 0 spiro atoms. The van der Waals surface area contributed by atoms with Crippen molar-refractivity contribution in [2.45, 2.75) is 25.1 Å². The van der Waals surface area contributed by atoms with Crippen LogP contribution in [-0.2, 0) is 7.05 Å². The van der Waals surface area contributed by atoms with Gasteiger partial charge in [0.05, 0.1) is 24.4 Å². The Kier molecular flexibility index (Phi) is 6.07. The number of aliphatic hydroxyl groups is 1.